The first-order valence-corrected chi connectivity index (χ1v) is 6.60. The highest BCUT2D eigenvalue weighted by Gasteiger charge is 2.23. The molecule has 102 valence electrons. The van der Waals surface area contributed by atoms with Crippen molar-refractivity contribution >= 4 is 11.9 Å². The van der Waals surface area contributed by atoms with E-state index in [4.69, 9.17) is 5.11 Å². The molecule has 1 N–H and O–H groups in total. The minimum atomic E-state index is -0.998. The molecule has 1 aromatic carbocycles. The SMILES string of the molecule is CC(C(=O)O)N(C)C(=O)c1ccc(C2CCC2)cc1. The first-order chi connectivity index (χ1) is 9.00. The maximum absolute atomic E-state index is 12.1. The predicted octanol–water partition coefficient (Wildman–Crippen LogP) is 2.50. The van der Waals surface area contributed by atoms with Gasteiger partial charge in [0.05, 0.1) is 0 Å². The van der Waals surface area contributed by atoms with Gasteiger partial charge in [0.1, 0.15) is 6.04 Å². The number of likely N-dealkylation sites (N-methyl/N-ethyl adjacent to an activating group) is 1. The molecule has 1 fully saturated rings. The molecule has 1 atom stereocenters. The summed E-state index contributed by atoms with van der Waals surface area (Å²) in [4.78, 5) is 24.2. The minimum absolute atomic E-state index is 0.255. The molecule has 1 amide bonds. The van der Waals surface area contributed by atoms with E-state index >= 15 is 0 Å². The third kappa shape index (κ3) is 2.78. The first-order valence-electron chi connectivity index (χ1n) is 6.60. The number of carbonyl (C=O) groups is 2. The molecule has 0 aromatic heterocycles. The molecule has 0 aliphatic heterocycles. The van der Waals surface area contributed by atoms with E-state index in [1.165, 1.54) is 43.7 Å². The van der Waals surface area contributed by atoms with E-state index < -0.39 is 12.0 Å². The second-order valence-electron chi connectivity index (χ2n) is 5.18. The molecule has 2 rings (SSSR count). The van der Waals surface area contributed by atoms with Crippen LogP contribution in [-0.2, 0) is 4.79 Å². The van der Waals surface area contributed by atoms with Gasteiger partial charge < -0.3 is 10.0 Å². The Bertz CT molecular complexity index is 477. The summed E-state index contributed by atoms with van der Waals surface area (Å²) in [5, 5.41) is 8.91. The van der Waals surface area contributed by atoms with Crippen molar-refractivity contribution in [1.82, 2.24) is 4.90 Å². The minimum Gasteiger partial charge on any atom is -0.480 e. The van der Waals surface area contributed by atoms with E-state index in [0.717, 1.165) is 0 Å². The Hall–Kier alpha value is -1.84. The molecule has 0 saturated heterocycles. The summed E-state index contributed by atoms with van der Waals surface area (Å²) in [6.45, 7) is 1.50. The molecular formula is C15H19NO3. The third-order valence-electron chi connectivity index (χ3n) is 3.99. The average Bonchev–Trinajstić information content (AvgIpc) is 2.35. The van der Waals surface area contributed by atoms with Crippen LogP contribution in [0.15, 0.2) is 24.3 Å². The standard InChI is InChI=1S/C15H19NO3/c1-10(15(18)19)16(2)14(17)13-8-6-12(7-9-13)11-4-3-5-11/h6-11H,3-5H2,1-2H3,(H,18,19). The van der Waals surface area contributed by atoms with Gasteiger partial charge in [0.15, 0.2) is 0 Å². The van der Waals surface area contributed by atoms with Crippen LogP contribution in [0.4, 0.5) is 0 Å². The van der Waals surface area contributed by atoms with Crippen molar-refractivity contribution in [3.8, 4) is 0 Å². The highest BCUT2D eigenvalue weighted by atomic mass is 16.4. The summed E-state index contributed by atoms with van der Waals surface area (Å²) in [5.74, 6) is -0.614. The van der Waals surface area contributed by atoms with Crippen LogP contribution in [0.3, 0.4) is 0 Å². The van der Waals surface area contributed by atoms with Crippen molar-refractivity contribution < 1.29 is 14.7 Å². The average molecular weight is 261 g/mol. The topological polar surface area (TPSA) is 57.6 Å². The van der Waals surface area contributed by atoms with Crippen LogP contribution in [0.5, 0.6) is 0 Å². The number of carboxylic acid groups (broad SMARTS) is 1. The normalized spacial score (nSPS) is 16.5. The van der Waals surface area contributed by atoms with Crippen molar-refractivity contribution in [2.24, 2.45) is 0 Å². The predicted molar refractivity (Wildman–Crippen MR) is 72.2 cm³/mol. The number of carbonyl (C=O) groups excluding carboxylic acids is 1. The Morgan fingerprint density at radius 1 is 1.26 bits per heavy atom. The summed E-state index contributed by atoms with van der Waals surface area (Å²) in [6, 6.07) is 6.73. The Balaban J connectivity index is 2.08. The lowest BCUT2D eigenvalue weighted by molar-refractivity contribution is -0.141. The quantitative estimate of drug-likeness (QED) is 0.906. The number of nitrogens with zero attached hydrogens (tertiary/aromatic N) is 1. The summed E-state index contributed by atoms with van der Waals surface area (Å²) in [5.41, 5.74) is 1.82. The molecule has 1 unspecified atom stereocenters. The molecule has 0 heterocycles. The molecule has 1 aromatic rings. The molecule has 1 aliphatic carbocycles. The second-order valence-corrected chi connectivity index (χ2v) is 5.18. The number of amides is 1. The summed E-state index contributed by atoms with van der Waals surface area (Å²) < 4.78 is 0. The number of carboxylic acids is 1. The molecule has 4 heteroatoms. The van der Waals surface area contributed by atoms with Gasteiger partial charge in [0.2, 0.25) is 0 Å². The fourth-order valence-corrected chi connectivity index (χ4v) is 2.18. The Morgan fingerprint density at radius 2 is 1.84 bits per heavy atom. The molecule has 0 bridgehead atoms. The third-order valence-corrected chi connectivity index (χ3v) is 3.99. The van der Waals surface area contributed by atoms with Crippen LogP contribution in [0.2, 0.25) is 0 Å². The fourth-order valence-electron chi connectivity index (χ4n) is 2.18. The van der Waals surface area contributed by atoms with Crippen LogP contribution in [0, 0.1) is 0 Å². The van der Waals surface area contributed by atoms with Gasteiger partial charge >= 0.3 is 5.97 Å². The first kappa shape index (κ1) is 13.6. The van der Waals surface area contributed by atoms with Crippen LogP contribution < -0.4 is 0 Å². The van der Waals surface area contributed by atoms with E-state index in [1.807, 2.05) is 12.1 Å². The maximum Gasteiger partial charge on any atom is 0.326 e. The van der Waals surface area contributed by atoms with Gasteiger partial charge in [0, 0.05) is 12.6 Å². The lowest BCUT2D eigenvalue weighted by atomic mass is 9.80. The lowest BCUT2D eigenvalue weighted by Gasteiger charge is -2.26. The van der Waals surface area contributed by atoms with E-state index in [2.05, 4.69) is 0 Å². The van der Waals surface area contributed by atoms with Crippen molar-refractivity contribution in [3.05, 3.63) is 35.4 Å². The fraction of sp³-hybridized carbons (Fsp3) is 0.467. The van der Waals surface area contributed by atoms with Crippen LogP contribution in [0.25, 0.3) is 0 Å². The number of aliphatic carboxylic acids is 1. The monoisotopic (exact) mass is 261 g/mol. The zero-order chi connectivity index (χ0) is 14.0. The summed E-state index contributed by atoms with van der Waals surface area (Å²) >= 11 is 0. The van der Waals surface area contributed by atoms with E-state index in [0.29, 0.717) is 11.5 Å². The molecule has 0 radical (unpaired) electrons. The highest BCUT2D eigenvalue weighted by Crippen LogP contribution is 2.36. The number of hydrogen-bond donors (Lipinski definition) is 1. The number of rotatable bonds is 4. The Morgan fingerprint density at radius 3 is 2.26 bits per heavy atom. The summed E-state index contributed by atoms with van der Waals surface area (Å²) in [6.07, 6.45) is 3.73. The van der Waals surface area contributed by atoms with Crippen molar-refractivity contribution in [2.75, 3.05) is 7.05 Å². The molecule has 19 heavy (non-hydrogen) atoms. The summed E-state index contributed by atoms with van der Waals surface area (Å²) in [7, 11) is 1.51. The second kappa shape index (κ2) is 5.43. The number of benzene rings is 1. The number of hydrogen-bond acceptors (Lipinski definition) is 2. The molecule has 0 spiro atoms. The van der Waals surface area contributed by atoms with E-state index in [-0.39, 0.29) is 5.91 Å². The molecule has 1 aliphatic rings. The van der Waals surface area contributed by atoms with E-state index in [9.17, 15) is 9.59 Å². The zero-order valence-electron chi connectivity index (χ0n) is 11.3. The highest BCUT2D eigenvalue weighted by molar-refractivity contribution is 5.96. The van der Waals surface area contributed by atoms with Crippen LogP contribution >= 0.6 is 0 Å². The van der Waals surface area contributed by atoms with Gasteiger partial charge in [-0.25, -0.2) is 4.79 Å². The van der Waals surface area contributed by atoms with Gasteiger partial charge in [-0.2, -0.15) is 0 Å². The molecule has 4 nitrogen and oxygen atoms in total. The lowest BCUT2D eigenvalue weighted by Crippen LogP contribution is -2.40. The van der Waals surface area contributed by atoms with Gasteiger partial charge in [-0.15, -0.1) is 0 Å². The largest absolute Gasteiger partial charge is 0.480 e. The molecular weight excluding hydrogens is 242 g/mol. The zero-order valence-corrected chi connectivity index (χ0v) is 11.3. The smallest absolute Gasteiger partial charge is 0.326 e. The van der Waals surface area contributed by atoms with Gasteiger partial charge in [0.25, 0.3) is 5.91 Å². The maximum atomic E-state index is 12.1. The van der Waals surface area contributed by atoms with Gasteiger partial charge in [-0.3, -0.25) is 4.79 Å². The van der Waals surface area contributed by atoms with Crippen molar-refractivity contribution in [1.29, 1.82) is 0 Å². The van der Waals surface area contributed by atoms with Crippen molar-refractivity contribution in [3.63, 3.8) is 0 Å². The Labute approximate surface area is 113 Å². The van der Waals surface area contributed by atoms with E-state index in [1.54, 1.807) is 12.1 Å². The molecule has 1 saturated carbocycles. The van der Waals surface area contributed by atoms with Gasteiger partial charge in [-0.05, 0) is 43.4 Å². The van der Waals surface area contributed by atoms with Crippen LogP contribution in [0.1, 0.15) is 48.0 Å². The Kier molecular flexibility index (Phi) is 3.88. The van der Waals surface area contributed by atoms with Gasteiger partial charge in [-0.1, -0.05) is 18.6 Å². The van der Waals surface area contributed by atoms with Crippen molar-refractivity contribution in [2.45, 2.75) is 38.1 Å². The van der Waals surface area contributed by atoms with Crippen LogP contribution in [-0.4, -0.2) is 35.0 Å².